The van der Waals surface area contributed by atoms with Crippen molar-refractivity contribution in [2.75, 3.05) is 13.1 Å². The molecule has 1 aromatic carbocycles. The van der Waals surface area contributed by atoms with Crippen LogP contribution in [0.5, 0.6) is 0 Å². The van der Waals surface area contributed by atoms with Gasteiger partial charge in [-0.1, -0.05) is 12.1 Å². The van der Waals surface area contributed by atoms with E-state index in [1.165, 1.54) is 18.2 Å². The number of nitrogens with one attached hydrogen (secondary N) is 1. The number of aromatic nitrogens is 1. The number of aryl methyl sites for hydroxylation is 1. The van der Waals surface area contributed by atoms with E-state index in [1.807, 2.05) is 0 Å². The van der Waals surface area contributed by atoms with Gasteiger partial charge in [0.25, 0.3) is 5.91 Å². The van der Waals surface area contributed by atoms with Gasteiger partial charge in [0.1, 0.15) is 16.3 Å². The van der Waals surface area contributed by atoms with Crippen LogP contribution in [0.25, 0.3) is 10.2 Å². The van der Waals surface area contributed by atoms with E-state index in [0.717, 1.165) is 55.4 Å². The number of hydrogen-bond donors (Lipinski definition) is 1. The minimum atomic E-state index is -4.52. The van der Waals surface area contributed by atoms with E-state index in [2.05, 4.69) is 15.2 Å². The summed E-state index contributed by atoms with van der Waals surface area (Å²) in [6.07, 6.45) is -2.98. The predicted molar refractivity (Wildman–Crippen MR) is 112 cm³/mol. The fourth-order valence-corrected chi connectivity index (χ4v) is 4.89. The van der Waals surface area contributed by atoms with E-state index in [-0.39, 0.29) is 22.6 Å². The summed E-state index contributed by atoms with van der Waals surface area (Å²) in [7, 11) is 0. The average Bonchev–Trinajstić information content (AvgIpc) is 3.07. The van der Waals surface area contributed by atoms with Gasteiger partial charge in [-0.15, -0.1) is 11.3 Å². The van der Waals surface area contributed by atoms with Crippen molar-refractivity contribution >= 4 is 27.5 Å². The van der Waals surface area contributed by atoms with E-state index in [0.29, 0.717) is 15.8 Å². The molecule has 1 N–H and O–H groups in total. The summed E-state index contributed by atoms with van der Waals surface area (Å²) in [4.78, 5) is 19.4. The van der Waals surface area contributed by atoms with Crippen molar-refractivity contribution in [2.24, 2.45) is 0 Å². The van der Waals surface area contributed by atoms with Crippen LogP contribution >= 0.6 is 11.3 Å². The molecule has 1 saturated heterocycles. The lowest BCUT2D eigenvalue weighted by atomic mass is 10.0. The second-order valence-electron chi connectivity index (χ2n) is 7.75. The molecule has 3 heterocycles. The summed E-state index contributed by atoms with van der Waals surface area (Å²) in [6.45, 7) is 4.05. The minimum Gasteiger partial charge on any atom is -0.349 e. The first-order valence-corrected chi connectivity index (χ1v) is 10.8. The molecule has 0 bridgehead atoms. The van der Waals surface area contributed by atoms with Crippen LogP contribution in [-0.2, 0) is 12.7 Å². The predicted octanol–water partition coefficient (Wildman–Crippen LogP) is 5.16. The molecule has 4 rings (SSSR count). The summed E-state index contributed by atoms with van der Waals surface area (Å²) in [6, 6.07) is 8.75. The van der Waals surface area contributed by atoms with Crippen molar-refractivity contribution in [3.63, 3.8) is 0 Å². The van der Waals surface area contributed by atoms with Gasteiger partial charge >= 0.3 is 6.18 Å². The number of carbonyl (C=O) groups excluding carboxylic acids is 1. The molecule has 0 atom stereocenters. The van der Waals surface area contributed by atoms with Gasteiger partial charge in [-0.05, 0) is 55.2 Å². The Kier molecular flexibility index (Phi) is 5.98. The second kappa shape index (κ2) is 8.55. The van der Waals surface area contributed by atoms with Crippen molar-refractivity contribution in [3.8, 4) is 0 Å². The molecule has 1 aliphatic rings. The van der Waals surface area contributed by atoms with Crippen LogP contribution in [0, 0.1) is 12.7 Å². The summed E-state index contributed by atoms with van der Waals surface area (Å²) in [5.41, 5.74) is 0.727. The zero-order valence-electron chi connectivity index (χ0n) is 16.8. The average molecular weight is 451 g/mol. The van der Waals surface area contributed by atoms with Crippen molar-refractivity contribution in [1.82, 2.24) is 15.2 Å². The number of benzene rings is 1. The molecule has 0 saturated carbocycles. The number of hydrogen-bond acceptors (Lipinski definition) is 4. The standard InChI is InChI=1S/C22H21F4N3OS/c1-13-17-6-7-18(22(24,25)26)28-21(17)31-19(13)20(30)27-16-8-10-29(11-9-16)12-14-2-4-15(23)5-3-14/h2-7,16H,8-12H2,1H3,(H,27,30). The normalized spacial score (nSPS) is 16.0. The van der Waals surface area contributed by atoms with Crippen LogP contribution in [0.1, 0.15) is 39.3 Å². The summed E-state index contributed by atoms with van der Waals surface area (Å²) >= 11 is 0.990. The van der Waals surface area contributed by atoms with Crippen LogP contribution in [0.4, 0.5) is 17.6 Å². The molecule has 3 aromatic rings. The largest absolute Gasteiger partial charge is 0.433 e. The van der Waals surface area contributed by atoms with Gasteiger partial charge < -0.3 is 5.32 Å². The van der Waals surface area contributed by atoms with Crippen molar-refractivity contribution in [3.05, 3.63) is 63.9 Å². The van der Waals surface area contributed by atoms with Gasteiger partial charge in [-0.2, -0.15) is 13.2 Å². The first kappa shape index (κ1) is 21.7. The second-order valence-corrected chi connectivity index (χ2v) is 8.75. The summed E-state index contributed by atoms with van der Waals surface area (Å²) < 4.78 is 51.8. The number of amides is 1. The van der Waals surface area contributed by atoms with Crippen LogP contribution in [0.3, 0.4) is 0 Å². The first-order valence-electron chi connectivity index (χ1n) is 9.95. The monoisotopic (exact) mass is 451 g/mol. The Labute approximate surface area is 180 Å². The SMILES string of the molecule is Cc1c(C(=O)NC2CCN(Cc3ccc(F)cc3)CC2)sc2nc(C(F)(F)F)ccc12. The molecule has 164 valence electrons. The molecule has 1 aliphatic heterocycles. The number of fused-ring (bicyclic) bond motifs is 1. The lowest BCUT2D eigenvalue weighted by molar-refractivity contribution is -0.140. The maximum atomic E-state index is 13.0. The number of carbonyl (C=O) groups is 1. The van der Waals surface area contributed by atoms with Crippen molar-refractivity contribution in [2.45, 2.75) is 38.5 Å². The van der Waals surface area contributed by atoms with E-state index < -0.39 is 11.9 Å². The fraction of sp³-hybridized carbons (Fsp3) is 0.364. The van der Waals surface area contributed by atoms with Crippen LogP contribution in [0.2, 0.25) is 0 Å². The molecule has 4 nitrogen and oxygen atoms in total. The van der Waals surface area contributed by atoms with Crippen molar-refractivity contribution < 1.29 is 22.4 Å². The van der Waals surface area contributed by atoms with Gasteiger partial charge in [0, 0.05) is 31.1 Å². The molecule has 9 heteroatoms. The lowest BCUT2D eigenvalue weighted by Gasteiger charge is -2.32. The quantitative estimate of drug-likeness (QED) is 0.558. The highest BCUT2D eigenvalue weighted by Gasteiger charge is 2.33. The van der Waals surface area contributed by atoms with E-state index in [4.69, 9.17) is 0 Å². The smallest absolute Gasteiger partial charge is 0.349 e. The van der Waals surface area contributed by atoms with Gasteiger partial charge in [0.2, 0.25) is 0 Å². The van der Waals surface area contributed by atoms with Crippen LogP contribution in [0.15, 0.2) is 36.4 Å². The lowest BCUT2D eigenvalue weighted by Crippen LogP contribution is -2.44. The molecular formula is C22H21F4N3OS. The number of thiophene rings is 1. The molecule has 1 fully saturated rings. The third kappa shape index (κ3) is 4.88. The Morgan fingerprint density at radius 2 is 1.84 bits per heavy atom. The minimum absolute atomic E-state index is 0.000255. The maximum Gasteiger partial charge on any atom is 0.433 e. The Morgan fingerprint density at radius 1 is 1.16 bits per heavy atom. The van der Waals surface area contributed by atoms with Gasteiger partial charge in [-0.3, -0.25) is 9.69 Å². The molecule has 2 aromatic heterocycles. The van der Waals surface area contributed by atoms with Crippen molar-refractivity contribution in [1.29, 1.82) is 0 Å². The number of halogens is 4. The Morgan fingerprint density at radius 3 is 2.48 bits per heavy atom. The molecule has 31 heavy (non-hydrogen) atoms. The summed E-state index contributed by atoms with van der Waals surface area (Å²) in [5.74, 6) is -0.530. The third-order valence-electron chi connectivity index (χ3n) is 5.54. The molecule has 0 unspecified atom stereocenters. The van der Waals surface area contributed by atoms with Gasteiger partial charge in [0.15, 0.2) is 0 Å². The highest BCUT2D eigenvalue weighted by molar-refractivity contribution is 7.20. The topological polar surface area (TPSA) is 45.2 Å². The number of rotatable bonds is 4. The molecule has 0 radical (unpaired) electrons. The molecule has 1 amide bonds. The Hall–Kier alpha value is -2.52. The van der Waals surface area contributed by atoms with Crippen LogP contribution < -0.4 is 5.32 Å². The number of nitrogens with zero attached hydrogens (tertiary/aromatic N) is 2. The van der Waals surface area contributed by atoms with Gasteiger partial charge in [-0.25, -0.2) is 9.37 Å². The number of piperidine rings is 1. The number of likely N-dealkylation sites (tertiary alicyclic amines) is 1. The zero-order valence-corrected chi connectivity index (χ0v) is 17.6. The van der Waals surface area contributed by atoms with Crippen LogP contribution in [-0.4, -0.2) is 34.9 Å². The molecular weight excluding hydrogens is 430 g/mol. The molecule has 0 spiro atoms. The Balaban J connectivity index is 1.38. The van der Waals surface area contributed by atoms with E-state index in [9.17, 15) is 22.4 Å². The summed E-state index contributed by atoms with van der Waals surface area (Å²) in [5, 5.41) is 3.59. The molecule has 0 aliphatic carbocycles. The third-order valence-corrected chi connectivity index (χ3v) is 6.74. The number of pyridine rings is 1. The number of alkyl halides is 3. The van der Waals surface area contributed by atoms with E-state index in [1.54, 1.807) is 19.1 Å². The Bertz CT molecular complexity index is 1090. The zero-order chi connectivity index (χ0) is 22.2. The highest BCUT2D eigenvalue weighted by atomic mass is 32.1. The highest BCUT2D eigenvalue weighted by Crippen LogP contribution is 2.34. The maximum absolute atomic E-state index is 13.0. The fourth-order valence-electron chi connectivity index (χ4n) is 3.81. The van der Waals surface area contributed by atoms with E-state index >= 15 is 0 Å². The van der Waals surface area contributed by atoms with Gasteiger partial charge in [0.05, 0.1) is 4.88 Å². The first-order chi connectivity index (χ1) is 14.7.